The number of halogens is 1. The highest BCUT2D eigenvalue weighted by Crippen LogP contribution is 2.21. The van der Waals surface area contributed by atoms with Crippen molar-refractivity contribution in [2.75, 3.05) is 24.2 Å². The Morgan fingerprint density at radius 2 is 1.81 bits per heavy atom. The van der Waals surface area contributed by atoms with Crippen molar-refractivity contribution in [3.8, 4) is 0 Å². The van der Waals surface area contributed by atoms with Crippen molar-refractivity contribution in [3.05, 3.63) is 65.5 Å². The Morgan fingerprint density at radius 1 is 1.13 bits per heavy atom. The zero-order valence-corrected chi connectivity index (χ0v) is 18.9. The van der Waals surface area contributed by atoms with Gasteiger partial charge >= 0.3 is 0 Å². The van der Waals surface area contributed by atoms with Crippen molar-refractivity contribution in [2.45, 2.75) is 32.9 Å². The molecule has 9 heteroatoms. The molecule has 0 aliphatic rings. The fourth-order valence-electron chi connectivity index (χ4n) is 3.30. The maximum Gasteiger partial charge on any atom is 0.244 e. The lowest BCUT2D eigenvalue weighted by molar-refractivity contribution is -0.140. The Kier molecular flexibility index (Phi) is 8.15. The molecule has 0 spiro atoms. The number of nitrogens with zero attached hydrogens (tertiary/aromatic N) is 2. The summed E-state index contributed by atoms with van der Waals surface area (Å²) in [7, 11) is -2.40. The van der Waals surface area contributed by atoms with E-state index in [1.54, 1.807) is 6.92 Å². The molecule has 2 rings (SSSR count). The summed E-state index contributed by atoms with van der Waals surface area (Å²) in [6, 6.07) is 11.7. The first-order chi connectivity index (χ1) is 14.6. The SMILES string of the molecule is CCC(C(=O)NC)N(Cc1ccccc1C)C(=O)CN(c1cccc(F)c1)S(C)(=O)=O. The molecule has 7 nitrogen and oxygen atoms in total. The van der Waals surface area contributed by atoms with Gasteiger partial charge in [-0.1, -0.05) is 37.3 Å². The van der Waals surface area contributed by atoms with Gasteiger partial charge in [-0.2, -0.15) is 0 Å². The Bertz CT molecular complexity index is 1040. The quantitative estimate of drug-likeness (QED) is 0.637. The second kappa shape index (κ2) is 10.4. The maximum absolute atomic E-state index is 13.7. The number of amides is 2. The number of likely N-dealkylation sites (N-methyl/N-ethyl adjacent to an activating group) is 1. The first-order valence-corrected chi connectivity index (χ1v) is 11.7. The third-order valence-corrected chi connectivity index (χ3v) is 6.15. The predicted molar refractivity (Wildman–Crippen MR) is 118 cm³/mol. The van der Waals surface area contributed by atoms with Crippen LogP contribution < -0.4 is 9.62 Å². The molecule has 0 heterocycles. The van der Waals surface area contributed by atoms with Crippen LogP contribution in [0.4, 0.5) is 10.1 Å². The number of carbonyl (C=O) groups is 2. The zero-order chi connectivity index (χ0) is 23.2. The molecule has 1 atom stereocenters. The van der Waals surface area contributed by atoms with E-state index < -0.39 is 34.3 Å². The number of hydrogen-bond acceptors (Lipinski definition) is 4. The van der Waals surface area contributed by atoms with E-state index in [2.05, 4.69) is 5.32 Å². The highest BCUT2D eigenvalue weighted by molar-refractivity contribution is 7.92. The minimum Gasteiger partial charge on any atom is -0.357 e. The number of aryl methyl sites for hydroxylation is 1. The molecule has 0 saturated heterocycles. The van der Waals surface area contributed by atoms with E-state index in [1.807, 2.05) is 31.2 Å². The smallest absolute Gasteiger partial charge is 0.244 e. The summed E-state index contributed by atoms with van der Waals surface area (Å²) in [5, 5.41) is 2.56. The molecule has 0 radical (unpaired) electrons. The highest BCUT2D eigenvalue weighted by atomic mass is 32.2. The van der Waals surface area contributed by atoms with Crippen LogP contribution in [-0.2, 0) is 26.2 Å². The molecule has 0 fully saturated rings. The van der Waals surface area contributed by atoms with Gasteiger partial charge in [-0.3, -0.25) is 13.9 Å². The number of benzene rings is 2. The number of sulfonamides is 1. The molecule has 0 bridgehead atoms. The number of carbonyl (C=O) groups excluding carboxylic acids is 2. The lowest BCUT2D eigenvalue weighted by Gasteiger charge is -2.33. The number of anilines is 1. The third kappa shape index (κ3) is 6.27. The lowest BCUT2D eigenvalue weighted by atomic mass is 10.1. The Hall–Kier alpha value is -2.94. The molecular formula is C22H28FN3O4S. The topological polar surface area (TPSA) is 86.8 Å². The first-order valence-electron chi connectivity index (χ1n) is 9.87. The summed E-state index contributed by atoms with van der Waals surface area (Å²) < 4.78 is 39.3. The van der Waals surface area contributed by atoms with Crippen LogP contribution in [0.5, 0.6) is 0 Å². The van der Waals surface area contributed by atoms with Crippen LogP contribution in [0.15, 0.2) is 48.5 Å². The molecular weight excluding hydrogens is 421 g/mol. The molecule has 2 aromatic carbocycles. The summed E-state index contributed by atoms with van der Waals surface area (Å²) >= 11 is 0. The minimum absolute atomic E-state index is 0.0414. The predicted octanol–water partition coefficient (Wildman–Crippen LogP) is 2.45. The van der Waals surface area contributed by atoms with Crippen molar-refractivity contribution in [1.82, 2.24) is 10.2 Å². The molecule has 2 aromatic rings. The average molecular weight is 450 g/mol. The van der Waals surface area contributed by atoms with Gasteiger partial charge in [0, 0.05) is 13.6 Å². The molecule has 1 unspecified atom stereocenters. The second-order valence-electron chi connectivity index (χ2n) is 7.24. The van der Waals surface area contributed by atoms with E-state index in [9.17, 15) is 22.4 Å². The van der Waals surface area contributed by atoms with Crippen LogP contribution >= 0.6 is 0 Å². The van der Waals surface area contributed by atoms with Gasteiger partial charge in [-0.05, 0) is 42.7 Å². The van der Waals surface area contributed by atoms with Crippen LogP contribution in [0.3, 0.4) is 0 Å². The molecule has 1 N–H and O–H groups in total. The van der Waals surface area contributed by atoms with Crippen molar-refractivity contribution in [1.29, 1.82) is 0 Å². The number of hydrogen-bond donors (Lipinski definition) is 1. The fourth-order valence-corrected chi connectivity index (χ4v) is 4.14. The molecule has 31 heavy (non-hydrogen) atoms. The highest BCUT2D eigenvalue weighted by Gasteiger charge is 2.31. The zero-order valence-electron chi connectivity index (χ0n) is 18.1. The van der Waals surface area contributed by atoms with E-state index in [0.717, 1.165) is 27.8 Å². The molecule has 0 aliphatic carbocycles. The molecule has 0 aliphatic heterocycles. The van der Waals surface area contributed by atoms with Gasteiger partial charge in [0.15, 0.2) is 0 Å². The summed E-state index contributed by atoms with van der Waals surface area (Å²) in [6.07, 6.45) is 1.29. The second-order valence-corrected chi connectivity index (χ2v) is 9.14. The van der Waals surface area contributed by atoms with Gasteiger partial charge in [0.2, 0.25) is 21.8 Å². The minimum atomic E-state index is -3.88. The summed E-state index contributed by atoms with van der Waals surface area (Å²) in [5.74, 6) is -1.53. The van der Waals surface area contributed by atoms with E-state index in [-0.39, 0.29) is 18.1 Å². The summed E-state index contributed by atoms with van der Waals surface area (Å²) in [5.41, 5.74) is 1.83. The maximum atomic E-state index is 13.7. The Labute approximate surface area is 182 Å². The molecule has 168 valence electrons. The summed E-state index contributed by atoms with van der Waals surface area (Å²) in [4.78, 5) is 27.2. The molecule has 0 aromatic heterocycles. The normalized spacial score (nSPS) is 12.2. The van der Waals surface area contributed by atoms with E-state index >= 15 is 0 Å². The molecule has 2 amide bonds. The number of nitrogens with one attached hydrogen (secondary N) is 1. The van der Waals surface area contributed by atoms with Gasteiger partial charge in [-0.15, -0.1) is 0 Å². The van der Waals surface area contributed by atoms with Crippen LogP contribution in [0.2, 0.25) is 0 Å². The Morgan fingerprint density at radius 3 is 2.35 bits per heavy atom. The monoisotopic (exact) mass is 449 g/mol. The number of rotatable bonds is 9. The van der Waals surface area contributed by atoms with Crippen molar-refractivity contribution in [2.24, 2.45) is 0 Å². The van der Waals surface area contributed by atoms with Gasteiger partial charge < -0.3 is 10.2 Å². The van der Waals surface area contributed by atoms with Crippen LogP contribution in [0.25, 0.3) is 0 Å². The van der Waals surface area contributed by atoms with Crippen molar-refractivity contribution < 1.29 is 22.4 Å². The summed E-state index contributed by atoms with van der Waals surface area (Å²) in [6.45, 7) is 3.26. The standard InChI is InChI=1S/C22H28FN3O4S/c1-5-20(22(28)24-3)25(14-17-10-7-6-9-16(17)2)21(27)15-26(31(4,29)30)19-12-8-11-18(23)13-19/h6-13,20H,5,14-15H2,1-4H3,(H,24,28). The van der Waals surface area contributed by atoms with Crippen LogP contribution in [0, 0.1) is 12.7 Å². The van der Waals surface area contributed by atoms with E-state index in [4.69, 9.17) is 0 Å². The first kappa shape index (κ1) is 24.3. The average Bonchev–Trinajstić information content (AvgIpc) is 2.71. The lowest BCUT2D eigenvalue weighted by Crippen LogP contribution is -2.51. The van der Waals surface area contributed by atoms with E-state index in [1.165, 1.54) is 30.1 Å². The molecule has 0 saturated carbocycles. The van der Waals surface area contributed by atoms with Gasteiger partial charge in [0.1, 0.15) is 18.4 Å². The van der Waals surface area contributed by atoms with Crippen molar-refractivity contribution >= 4 is 27.5 Å². The fraction of sp³-hybridized carbons (Fsp3) is 0.364. The van der Waals surface area contributed by atoms with Gasteiger partial charge in [-0.25, -0.2) is 12.8 Å². The Balaban J connectivity index is 2.44. The van der Waals surface area contributed by atoms with Crippen LogP contribution in [0.1, 0.15) is 24.5 Å². The van der Waals surface area contributed by atoms with Crippen molar-refractivity contribution in [3.63, 3.8) is 0 Å². The van der Waals surface area contributed by atoms with Gasteiger partial charge in [0.05, 0.1) is 11.9 Å². The van der Waals surface area contributed by atoms with Crippen LogP contribution in [-0.4, -0.2) is 51.0 Å². The van der Waals surface area contributed by atoms with Gasteiger partial charge in [0.25, 0.3) is 0 Å². The van der Waals surface area contributed by atoms with E-state index in [0.29, 0.717) is 6.42 Å². The third-order valence-electron chi connectivity index (χ3n) is 5.01. The largest absolute Gasteiger partial charge is 0.357 e.